The predicted octanol–water partition coefficient (Wildman–Crippen LogP) is 5.76. The van der Waals surface area contributed by atoms with Crippen molar-refractivity contribution in [1.29, 1.82) is 0 Å². The Labute approximate surface area is 163 Å². The first-order valence-electron chi connectivity index (χ1n) is 8.21. The van der Waals surface area contributed by atoms with Crippen molar-refractivity contribution < 1.29 is 17.9 Å². The van der Waals surface area contributed by atoms with Gasteiger partial charge in [0.15, 0.2) is 5.58 Å². The number of fused-ring (bicyclic) bond motifs is 1. The molecule has 2 heterocycles. The molecule has 4 aromatic rings. The Hall–Kier alpha value is -3.32. The maximum atomic E-state index is 13.4. The number of pyridine rings is 1. The minimum absolute atomic E-state index is 0.0254. The number of nitrogen functional groups attached to an aromatic ring is 1. The fourth-order valence-electron chi connectivity index (χ4n) is 2.85. The van der Waals surface area contributed by atoms with E-state index in [0.717, 1.165) is 0 Å². The van der Waals surface area contributed by atoms with E-state index >= 15 is 0 Å². The fraction of sp³-hybridized carbons (Fsp3) is 0.0500. The molecule has 0 radical (unpaired) electrons. The van der Waals surface area contributed by atoms with Gasteiger partial charge < -0.3 is 20.2 Å². The van der Waals surface area contributed by atoms with Crippen molar-refractivity contribution in [3.05, 3.63) is 65.2 Å². The van der Waals surface area contributed by atoms with Crippen LogP contribution >= 0.6 is 11.6 Å². The van der Waals surface area contributed by atoms with Gasteiger partial charge in [-0.25, -0.2) is 13.8 Å². The first kappa shape index (κ1) is 18.1. The first-order valence-corrected chi connectivity index (χ1v) is 8.59. The maximum absolute atomic E-state index is 13.4. The number of aromatic nitrogens is 1. The van der Waals surface area contributed by atoms with E-state index in [1.165, 1.54) is 37.4 Å². The first-order chi connectivity index (χ1) is 13.5. The molecule has 0 bridgehead atoms. The van der Waals surface area contributed by atoms with Crippen LogP contribution in [-0.4, -0.2) is 12.1 Å². The van der Waals surface area contributed by atoms with Crippen LogP contribution < -0.4 is 15.8 Å². The van der Waals surface area contributed by atoms with Crippen LogP contribution in [0.25, 0.3) is 22.2 Å². The third-order valence-corrected chi connectivity index (χ3v) is 4.48. The zero-order valence-corrected chi connectivity index (χ0v) is 15.3. The molecule has 0 spiro atoms. The van der Waals surface area contributed by atoms with Crippen LogP contribution in [0.4, 0.5) is 26.0 Å². The number of rotatable bonds is 4. The molecule has 8 heteroatoms. The van der Waals surface area contributed by atoms with Crippen molar-refractivity contribution in [2.75, 3.05) is 18.2 Å². The molecule has 28 heavy (non-hydrogen) atoms. The van der Waals surface area contributed by atoms with E-state index in [9.17, 15) is 8.78 Å². The van der Waals surface area contributed by atoms with Crippen LogP contribution in [0.5, 0.6) is 5.88 Å². The molecule has 0 aliphatic carbocycles. The van der Waals surface area contributed by atoms with Crippen molar-refractivity contribution in [2.24, 2.45) is 0 Å². The number of nitrogens with zero attached hydrogens (tertiary/aromatic N) is 1. The molecule has 142 valence electrons. The van der Waals surface area contributed by atoms with E-state index in [4.69, 9.17) is 26.5 Å². The Morgan fingerprint density at radius 2 is 1.86 bits per heavy atom. The molecule has 4 rings (SSSR count). The van der Waals surface area contributed by atoms with Gasteiger partial charge in [-0.05, 0) is 42.5 Å². The van der Waals surface area contributed by atoms with Gasteiger partial charge in [0.1, 0.15) is 23.0 Å². The summed E-state index contributed by atoms with van der Waals surface area (Å²) >= 11 is 5.85. The summed E-state index contributed by atoms with van der Waals surface area (Å²) in [6, 6.07) is 11.7. The second-order valence-corrected chi connectivity index (χ2v) is 6.40. The highest BCUT2D eigenvalue weighted by Crippen LogP contribution is 2.41. The van der Waals surface area contributed by atoms with Crippen LogP contribution in [0.15, 0.2) is 52.9 Å². The van der Waals surface area contributed by atoms with E-state index in [-0.39, 0.29) is 16.7 Å². The molecule has 0 fully saturated rings. The Morgan fingerprint density at radius 1 is 1.11 bits per heavy atom. The van der Waals surface area contributed by atoms with Gasteiger partial charge in [-0.3, -0.25) is 0 Å². The van der Waals surface area contributed by atoms with Gasteiger partial charge in [0.05, 0.1) is 17.5 Å². The van der Waals surface area contributed by atoms with Crippen LogP contribution in [0.3, 0.4) is 0 Å². The van der Waals surface area contributed by atoms with Gasteiger partial charge in [0.2, 0.25) is 11.8 Å². The van der Waals surface area contributed by atoms with Crippen molar-refractivity contribution >= 4 is 39.8 Å². The molecule has 0 saturated carbocycles. The predicted molar refractivity (Wildman–Crippen MR) is 105 cm³/mol. The average molecular weight is 402 g/mol. The van der Waals surface area contributed by atoms with Crippen molar-refractivity contribution in [1.82, 2.24) is 4.98 Å². The molecule has 0 amide bonds. The third-order valence-electron chi connectivity index (χ3n) is 4.19. The van der Waals surface area contributed by atoms with E-state index in [0.29, 0.717) is 39.5 Å². The zero-order chi connectivity index (χ0) is 19.8. The molecular weight excluding hydrogens is 388 g/mol. The Bertz CT molecular complexity index is 1180. The SMILES string of the molecule is COc1cc2c(Nc3ccc(F)c(Cl)c3)c(N)oc2c(-c2ccc(F)cc2)n1. The minimum atomic E-state index is -0.526. The normalized spacial score (nSPS) is 11.0. The number of hydrogen-bond donors (Lipinski definition) is 2. The number of methoxy groups -OCH3 is 1. The topological polar surface area (TPSA) is 73.3 Å². The van der Waals surface area contributed by atoms with Gasteiger partial charge in [0, 0.05) is 17.3 Å². The Kier molecular flexibility index (Phi) is 4.52. The molecular formula is C20H14ClF2N3O2. The summed E-state index contributed by atoms with van der Waals surface area (Å²) < 4.78 is 37.7. The number of anilines is 3. The summed E-state index contributed by atoms with van der Waals surface area (Å²) in [5, 5.41) is 3.66. The number of ether oxygens (including phenoxy) is 1. The second kappa shape index (κ2) is 7.01. The standard InChI is InChI=1S/C20H14ClF2N3O2/c1-27-16-9-13-18(25-12-6-7-15(23)14(21)8-12)20(24)28-19(13)17(26-16)10-2-4-11(22)5-3-10/h2-9,25H,24H2,1H3. The number of furan rings is 1. The van der Waals surface area contributed by atoms with Crippen molar-refractivity contribution in [2.45, 2.75) is 0 Å². The highest BCUT2D eigenvalue weighted by Gasteiger charge is 2.19. The largest absolute Gasteiger partial charge is 0.481 e. The molecule has 0 unspecified atom stereocenters. The number of benzene rings is 2. The smallest absolute Gasteiger partial charge is 0.215 e. The quantitative estimate of drug-likeness (QED) is 0.454. The van der Waals surface area contributed by atoms with Crippen LogP contribution in [-0.2, 0) is 0 Å². The molecule has 0 atom stereocenters. The Balaban J connectivity index is 1.88. The lowest BCUT2D eigenvalue weighted by molar-refractivity contribution is 0.399. The Morgan fingerprint density at radius 3 is 2.54 bits per heavy atom. The van der Waals surface area contributed by atoms with Crippen LogP contribution in [0.2, 0.25) is 5.02 Å². The highest BCUT2D eigenvalue weighted by molar-refractivity contribution is 6.31. The van der Waals surface area contributed by atoms with Crippen molar-refractivity contribution in [3.8, 4) is 17.1 Å². The molecule has 2 aromatic carbocycles. The molecule has 3 N–H and O–H groups in total. The lowest BCUT2D eigenvalue weighted by atomic mass is 10.1. The summed E-state index contributed by atoms with van der Waals surface area (Å²) in [4.78, 5) is 4.41. The van der Waals surface area contributed by atoms with Gasteiger partial charge in [-0.2, -0.15) is 0 Å². The summed E-state index contributed by atoms with van der Waals surface area (Å²) in [6.07, 6.45) is 0. The molecule has 0 aliphatic rings. The van der Waals surface area contributed by atoms with E-state index in [1.54, 1.807) is 18.2 Å². The highest BCUT2D eigenvalue weighted by atomic mass is 35.5. The van der Waals surface area contributed by atoms with Crippen molar-refractivity contribution in [3.63, 3.8) is 0 Å². The van der Waals surface area contributed by atoms with Gasteiger partial charge in [0.25, 0.3) is 0 Å². The minimum Gasteiger partial charge on any atom is -0.481 e. The number of nitrogens with two attached hydrogens (primary N) is 1. The maximum Gasteiger partial charge on any atom is 0.215 e. The van der Waals surface area contributed by atoms with Gasteiger partial charge in [-0.15, -0.1) is 0 Å². The number of nitrogens with one attached hydrogen (secondary N) is 1. The van der Waals surface area contributed by atoms with E-state index in [1.807, 2.05) is 0 Å². The van der Waals surface area contributed by atoms with Crippen LogP contribution in [0.1, 0.15) is 0 Å². The van der Waals surface area contributed by atoms with E-state index in [2.05, 4.69) is 10.3 Å². The second-order valence-electron chi connectivity index (χ2n) is 5.99. The van der Waals surface area contributed by atoms with Gasteiger partial charge >= 0.3 is 0 Å². The van der Waals surface area contributed by atoms with E-state index < -0.39 is 5.82 Å². The number of halogens is 3. The summed E-state index contributed by atoms with van der Waals surface area (Å²) in [6.45, 7) is 0. The molecule has 5 nitrogen and oxygen atoms in total. The zero-order valence-electron chi connectivity index (χ0n) is 14.6. The lowest BCUT2D eigenvalue weighted by Gasteiger charge is -2.08. The van der Waals surface area contributed by atoms with Gasteiger partial charge in [-0.1, -0.05) is 11.6 Å². The molecule has 2 aromatic heterocycles. The average Bonchev–Trinajstić information content (AvgIpc) is 3.00. The lowest BCUT2D eigenvalue weighted by Crippen LogP contribution is -1.95. The fourth-order valence-corrected chi connectivity index (χ4v) is 3.03. The summed E-state index contributed by atoms with van der Waals surface area (Å²) in [7, 11) is 1.49. The summed E-state index contributed by atoms with van der Waals surface area (Å²) in [5.74, 6) is -0.458. The van der Waals surface area contributed by atoms with Crippen LogP contribution in [0, 0.1) is 11.6 Å². The molecule has 0 saturated heterocycles. The number of hydrogen-bond acceptors (Lipinski definition) is 5. The monoisotopic (exact) mass is 401 g/mol. The molecule has 0 aliphatic heterocycles. The third kappa shape index (κ3) is 3.20. The summed E-state index contributed by atoms with van der Waals surface area (Å²) in [5.41, 5.74) is 8.54.